The Bertz CT molecular complexity index is 554. The van der Waals surface area contributed by atoms with Crippen LogP contribution in [0.1, 0.15) is 19.4 Å². The van der Waals surface area contributed by atoms with Gasteiger partial charge in [0.15, 0.2) is 0 Å². The van der Waals surface area contributed by atoms with Gasteiger partial charge in [-0.15, -0.1) is 0 Å². The number of anilines is 3. The van der Waals surface area contributed by atoms with E-state index in [1.165, 1.54) is 0 Å². The molecular formula is C15H20N4O. The standard InChI is InChI=1S/C15H20N4O/c1-4-13-14(16-3)17-10-18-15(13)19-11-6-8-12(9-7-11)20-5-2/h6-10H,4-5H2,1-3H3,(H2,16,17,18,19). The van der Waals surface area contributed by atoms with E-state index in [2.05, 4.69) is 27.5 Å². The predicted octanol–water partition coefficient (Wildman–Crippen LogP) is 3.22. The van der Waals surface area contributed by atoms with Crippen LogP contribution in [0.25, 0.3) is 0 Å². The fraction of sp³-hybridized carbons (Fsp3) is 0.333. The molecule has 1 aromatic carbocycles. The summed E-state index contributed by atoms with van der Waals surface area (Å²) in [6.45, 7) is 4.73. The van der Waals surface area contributed by atoms with Gasteiger partial charge in [-0.2, -0.15) is 0 Å². The smallest absolute Gasteiger partial charge is 0.139 e. The fourth-order valence-electron chi connectivity index (χ4n) is 2.01. The van der Waals surface area contributed by atoms with Crippen molar-refractivity contribution in [3.63, 3.8) is 0 Å². The quantitative estimate of drug-likeness (QED) is 0.845. The third-order valence-electron chi connectivity index (χ3n) is 2.96. The number of aromatic nitrogens is 2. The van der Waals surface area contributed by atoms with E-state index in [1.807, 2.05) is 38.2 Å². The van der Waals surface area contributed by atoms with Crippen molar-refractivity contribution in [2.75, 3.05) is 24.3 Å². The van der Waals surface area contributed by atoms with Crippen molar-refractivity contribution in [2.45, 2.75) is 20.3 Å². The molecule has 0 bridgehead atoms. The zero-order valence-electron chi connectivity index (χ0n) is 12.1. The van der Waals surface area contributed by atoms with E-state index < -0.39 is 0 Å². The van der Waals surface area contributed by atoms with Crippen LogP contribution in [0.3, 0.4) is 0 Å². The molecule has 5 heteroatoms. The molecule has 0 aliphatic heterocycles. The van der Waals surface area contributed by atoms with Gasteiger partial charge in [0.1, 0.15) is 23.7 Å². The molecule has 1 aromatic heterocycles. The number of nitrogens with one attached hydrogen (secondary N) is 2. The highest BCUT2D eigenvalue weighted by Gasteiger charge is 2.08. The zero-order valence-corrected chi connectivity index (χ0v) is 12.1. The summed E-state index contributed by atoms with van der Waals surface area (Å²) in [6, 6.07) is 7.84. The second kappa shape index (κ2) is 6.75. The van der Waals surface area contributed by atoms with Crippen LogP contribution in [0.4, 0.5) is 17.3 Å². The van der Waals surface area contributed by atoms with Crippen molar-refractivity contribution >= 4 is 17.3 Å². The van der Waals surface area contributed by atoms with Crippen molar-refractivity contribution in [1.29, 1.82) is 0 Å². The molecular weight excluding hydrogens is 252 g/mol. The first-order valence-corrected chi connectivity index (χ1v) is 6.80. The summed E-state index contributed by atoms with van der Waals surface area (Å²) in [7, 11) is 1.86. The van der Waals surface area contributed by atoms with Gasteiger partial charge in [-0.3, -0.25) is 0 Å². The Hall–Kier alpha value is -2.30. The second-order valence-electron chi connectivity index (χ2n) is 4.24. The van der Waals surface area contributed by atoms with E-state index in [9.17, 15) is 0 Å². The molecule has 2 rings (SSSR count). The van der Waals surface area contributed by atoms with Crippen molar-refractivity contribution in [1.82, 2.24) is 9.97 Å². The van der Waals surface area contributed by atoms with Gasteiger partial charge < -0.3 is 15.4 Å². The molecule has 0 saturated heterocycles. The molecule has 0 radical (unpaired) electrons. The normalized spacial score (nSPS) is 10.2. The number of ether oxygens (including phenoxy) is 1. The highest BCUT2D eigenvalue weighted by Crippen LogP contribution is 2.24. The summed E-state index contributed by atoms with van der Waals surface area (Å²) in [5, 5.41) is 6.41. The maximum atomic E-state index is 5.43. The molecule has 0 saturated carbocycles. The lowest BCUT2D eigenvalue weighted by Gasteiger charge is -2.13. The monoisotopic (exact) mass is 272 g/mol. The van der Waals surface area contributed by atoms with Crippen LogP contribution in [-0.2, 0) is 6.42 Å². The summed E-state index contributed by atoms with van der Waals surface area (Å²) in [6.07, 6.45) is 2.41. The predicted molar refractivity (Wildman–Crippen MR) is 81.9 cm³/mol. The van der Waals surface area contributed by atoms with E-state index >= 15 is 0 Å². The van der Waals surface area contributed by atoms with Crippen LogP contribution in [0.15, 0.2) is 30.6 Å². The van der Waals surface area contributed by atoms with E-state index in [0.717, 1.165) is 35.1 Å². The van der Waals surface area contributed by atoms with E-state index in [0.29, 0.717) is 6.61 Å². The van der Waals surface area contributed by atoms with Gasteiger partial charge in [-0.1, -0.05) is 6.92 Å². The lowest BCUT2D eigenvalue weighted by molar-refractivity contribution is 0.340. The zero-order chi connectivity index (χ0) is 14.4. The Morgan fingerprint density at radius 1 is 1.05 bits per heavy atom. The maximum absolute atomic E-state index is 5.43. The second-order valence-corrected chi connectivity index (χ2v) is 4.24. The Labute approximate surface area is 119 Å². The number of rotatable bonds is 6. The highest BCUT2D eigenvalue weighted by atomic mass is 16.5. The van der Waals surface area contributed by atoms with Crippen LogP contribution in [0, 0.1) is 0 Å². The summed E-state index contributed by atoms with van der Waals surface area (Å²) in [4.78, 5) is 8.55. The summed E-state index contributed by atoms with van der Waals surface area (Å²) in [5.41, 5.74) is 2.05. The Balaban J connectivity index is 2.21. The summed E-state index contributed by atoms with van der Waals surface area (Å²) < 4.78 is 5.43. The Morgan fingerprint density at radius 3 is 2.35 bits per heavy atom. The van der Waals surface area contributed by atoms with Crippen molar-refractivity contribution < 1.29 is 4.74 Å². The van der Waals surface area contributed by atoms with Gasteiger partial charge in [0.25, 0.3) is 0 Å². The van der Waals surface area contributed by atoms with E-state index in [1.54, 1.807) is 6.33 Å². The average molecular weight is 272 g/mol. The molecule has 0 aliphatic rings. The highest BCUT2D eigenvalue weighted by molar-refractivity contribution is 5.65. The van der Waals surface area contributed by atoms with Crippen LogP contribution in [0.5, 0.6) is 5.75 Å². The third kappa shape index (κ3) is 3.17. The molecule has 0 unspecified atom stereocenters. The molecule has 5 nitrogen and oxygen atoms in total. The van der Waals surface area contributed by atoms with Crippen LogP contribution in [-0.4, -0.2) is 23.6 Å². The van der Waals surface area contributed by atoms with Crippen molar-refractivity contribution in [3.8, 4) is 5.75 Å². The van der Waals surface area contributed by atoms with Gasteiger partial charge >= 0.3 is 0 Å². The van der Waals surface area contributed by atoms with Crippen molar-refractivity contribution in [3.05, 3.63) is 36.2 Å². The van der Waals surface area contributed by atoms with Gasteiger partial charge in [-0.25, -0.2) is 9.97 Å². The number of hydrogen-bond donors (Lipinski definition) is 2. The Kier molecular flexibility index (Phi) is 4.76. The van der Waals surface area contributed by atoms with Gasteiger partial charge in [0.2, 0.25) is 0 Å². The minimum absolute atomic E-state index is 0.671. The van der Waals surface area contributed by atoms with Crippen LogP contribution >= 0.6 is 0 Å². The summed E-state index contributed by atoms with van der Waals surface area (Å²) >= 11 is 0. The van der Waals surface area contributed by atoms with E-state index in [-0.39, 0.29) is 0 Å². The third-order valence-corrected chi connectivity index (χ3v) is 2.96. The minimum Gasteiger partial charge on any atom is -0.494 e. The largest absolute Gasteiger partial charge is 0.494 e. The maximum Gasteiger partial charge on any atom is 0.139 e. The first-order chi connectivity index (χ1) is 9.78. The first-order valence-electron chi connectivity index (χ1n) is 6.80. The molecule has 0 aliphatic carbocycles. The van der Waals surface area contributed by atoms with E-state index in [4.69, 9.17) is 4.74 Å². The molecule has 20 heavy (non-hydrogen) atoms. The van der Waals surface area contributed by atoms with Crippen LogP contribution < -0.4 is 15.4 Å². The molecule has 106 valence electrons. The Morgan fingerprint density at radius 2 is 1.75 bits per heavy atom. The topological polar surface area (TPSA) is 59.1 Å². The van der Waals surface area contributed by atoms with Gasteiger partial charge in [0.05, 0.1) is 6.61 Å². The number of hydrogen-bond acceptors (Lipinski definition) is 5. The van der Waals surface area contributed by atoms with Gasteiger partial charge in [-0.05, 0) is 37.6 Å². The SMILES string of the molecule is CCOc1ccc(Nc2ncnc(NC)c2CC)cc1. The molecule has 0 atom stereocenters. The molecule has 0 fully saturated rings. The average Bonchev–Trinajstić information content (AvgIpc) is 2.49. The molecule has 1 heterocycles. The first kappa shape index (κ1) is 14.1. The molecule has 2 N–H and O–H groups in total. The fourth-order valence-corrected chi connectivity index (χ4v) is 2.01. The van der Waals surface area contributed by atoms with Crippen LogP contribution in [0.2, 0.25) is 0 Å². The van der Waals surface area contributed by atoms with Gasteiger partial charge in [0, 0.05) is 18.3 Å². The minimum atomic E-state index is 0.671. The molecule has 0 amide bonds. The summed E-state index contributed by atoms with van der Waals surface area (Å²) in [5.74, 6) is 2.55. The molecule has 0 spiro atoms. The number of benzene rings is 1. The lowest BCUT2D eigenvalue weighted by atomic mass is 10.2. The lowest BCUT2D eigenvalue weighted by Crippen LogP contribution is -2.04. The molecule has 2 aromatic rings. The van der Waals surface area contributed by atoms with Crippen molar-refractivity contribution in [2.24, 2.45) is 0 Å². The number of nitrogens with zero attached hydrogens (tertiary/aromatic N) is 2.